The molecule has 1 amide bonds. The summed E-state index contributed by atoms with van der Waals surface area (Å²) in [6.07, 6.45) is 1.35. The predicted octanol–water partition coefficient (Wildman–Crippen LogP) is 4.30. The molecule has 7 heteroatoms. The van der Waals surface area contributed by atoms with Gasteiger partial charge in [-0.3, -0.25) is 9.59 Å². The number of benzene rings is 2. The summed E-state index contributed by atoms with van der Waals surface area (Å²) in [7, 11) is 0. The Bertz CT molecular complexity index is 1130. The Hall–Kier alpha value is -3.19. The van der Waals surface area contributed by atoms with Gasteiger partial charge in [0.15, 0.2) is 0 Å². The molecular weight excluding hydrogens is 435 g/mol. The molecule has 0 bridgehead atoms. The molecular formula is C27H31FN2O4. The van der Waals surface area contributed by atoms with E-state index in [1.807, 2.05) is 6.92 Å². The van der Waals surface area contributed by atoms with Crippen LogP contribution in [0.3, 0.4) is 0 Å². The van der Waals surface area contributed by atoms with E-state index in [0.29, 0.717) is 18.4 Å². The highest BCUT2D eigenvalue weighted by Crippen LogP contribution is 2.41. The topological polar surface area (TPSA) is 70.1 Å². The fourth-order valence-corrected chi connectivity index (χ4v) is 4.86. The Morgan fingerprint density at radius 3 is 2.62 bits per heavy atom. The van der Waals surface area contributed by atoms with Gasteiger partial charge in [0.05, 0.1) is 11.6 Å². The van der Waals surface area contributed by atoms with Crippen molar-refractivity contribution < 1.29 is 23.8 Å². The van der Waals surface area contributed by atoms with Gasteiger partial charge in [-0.2, -0.15) is 0 Å². The van der Waals surface area contributed by atoms with Gasteiger partial charge in [-0.05, 0) is 62.8 Å². The number of ketones is 1. The Labute approximate surface area is 199 Å². The van der Waals surface area contributed by atoms with Crippen molar-refractivity contribution in [1.82, 2.24) is 9.80 Å². The molecule has 2 atom stereocenters. The number of hydrogen-bond acceptors (Lipinski definition) is 5. The highest BCUT2D eigenvalue weighted by molar-refractivity contribution is 6.46. The largest absolute Gasteiger partial charge is 0.507 e. The summed E-state index contributed by atoms with van der Waals surface area (Å²) in [5, 5.41) is 11.2. The van der Waals surface area contributed by atoms with E-state index >= 15 is 0 Å². The average molecular weight is 467 g/mol. The number of Topliss-reactive ketones (excluding diaryl/α,β-unsaturated/α-hetero) is 1. The van der Waals surface area contributed by atoms with Gasteiger partial charge in [0.25, 0.3) is 11.7 Å². The van der Waals surface area contributed by atoms with Gasteiger partial charge in [0, 0.05) is 24.1 Å². The number of halogens is 1. The van der Waals surface area contributed by atoms with Crippen LogP contribution in [0.4, 0.5) is 4.39 Å². The fraction of sp³-hybridized carbons (Fsp3) is 0.407. The smallest absolute Gasteiger partial charge is 0.295 e. The molecule has 2 aliphatic rings. The van der Waals surface area contributed by atoms with Crippen LogP contribution in [0.25, 0.3) is 5.76 Å². The van der Waals surface area contributed by atoms with E-state index in [9.17, 15) is 19.1 Å². The standard InChI is InChI=1S/C27H31FN2O4/c1-4-29(5-2)13-8-14-30-24(20-9-6-7-10-21(20)28)23(26(32)27(30)33)25(31)18-11-12-22-19(16-18)15-17(3)34-22/h6-7,9-12,16-17,24,31H,4-5,8,13-15H2,1-3H3/b25-23+/t17-,24+/m1/s1. The summed E-state index contributed by atoms with van der Waals surface area (Å²) >= 11 is 0. The minimum Gasteiger partial charge on any atom is -0.507 e. The number of rotatable bonds is 8. The molecule has 1 saturated heterocycles. The Kier molecular flexibility index (Phi) is 7.03. The van der Waals surface area contributed by atoms with Gasteiger partial charge in [-0.1, -0.05) is 32.0 Å². The lowest BCUT2D eigenvalue weighted by Gasteiger charge is -2.27. The molecule has 0 aromatic heterocycles. The van der Waals surface area contributed by atoms with E-state index in [2.05, 4.69) is 18.7 Å². The lowest BCUT2D eigenvalue weighted by atomic mass is 9.94. The molecule has 2 aromatic carbocycles. The number of nitrogens with zero attached hydrogens (tertiary/aromatic N) is 2. The van der Waals surface area contributed by atoms with Crippen LogP contribution < -0.4 is 4.74 Å². The van der Waals surface area contributed by atoms with Crippen LogP contribution in [-0.2, 0) is 16.0 Å². The van der Waals surface area contributed by atoms with Crippen LogP contribution in [0.5, 0.6) is 5.75 Å². The molecule has 2 aliphatic heterocycles. The first-order valence-corrected chi connectivity index (χ1v) is 11.9. The molecule has 1 fully saturated rings. The van der Waals surface area contributed by atoms with Crippen molar-refractivity contribution in [3.05, 3.63) is 70.5 Å². The van der Waals surface area contributed by atoms with E-state index in [4.69, 9.17) is 4.74 Å². The molecule has 0 saturated carbocycles. The van der Waals surface area contributed by atoms with Crippen molar-refractivity contribution >= 4 is 17.4 Å². The van der Waals surface area contributed by atoms with Crippen molar-refractivity contribution in [1.29, 1.82) is 0 Å². The summed E-state index contributed by atoms with van der Waals surface area (Å²) in [6.45, 7) is 8.89. The van der Waals surface area contributed by atoms with Crippen LogP contribution in [-0.4, -0.2) is 58.9 Å². The van der Waals surface area contributed by atoms with E-state index in [0.717, 1.165) is 30.9 Å². The molecule has 1 N–H and O–H groups in total. The van der Waals surface area contributed by atoms with Crippen LogP contribution in [0.15, 0.2) is 48.0 Å². The maximum Gasteiger partial charge on any atom is 0.295 e. The van der Waals surface area contributed by atoms with E-state index in [1.54, 1.807) is 36.4 Å². The van der Waals surface area contributed by atoms with E-state index < -0.39 is 23.5 Å². The first-order chi connectivity index (χ1) is 16.3. The maximum absolute atomic E-state index is 14.9. The number of hydrogen-bond donors (Lipinski definition) is 1. The number of fused-ring (bicyclic) bond motifs is 1. The molecule has 6 nitrogen and oxygen atoms in total. The second-order valence-corrected chi connectivity index (χ2v) is 8.85. The first kappa shape index (κ1) is 24.0. The number of carbonyl (C=O) groups excluding carboxylic acids is 2. The van der Waals surface area contributed by atoms with Crippen molar-refractivity contribution in [2.24, 2.45) is 0 Å². The molecule has 2 heterocycles. The lowest BCUT2D eigenvalue weighted by molar-refractivity contribution is -0.140. The molecule has 0 radical (unpaired) electrons. The van der Waals surface area contributed by atoms with Gasteiger partial charge in [-0.25, -0.2) is 4.39 Å². The highest BCUT2D eigenvalue weighted by atomic mass is 19.1. The zero-order valence-electron chi connectivity index (χ0n) is 19.9. The number of aliphatic hydroxyl groups excluding tert-OH is 1. The molecule has 180 valence electrons. The number of likely N-dealkylation sites (tertiary alicyclic amines) is 1. The van der Waals surface area contributed by atoms with Gasteiger partial charge in [-0.15, -0.1) is 0 Å². The predicted molar refractivity (Wildman–Crippen MR) is 128 cm³/mol. The van der Waals surface area contributed by atoms with Gasteiger partial charge < -0.3 is 19.6 Å². The third kappa shape index (κ3) is 4.44. The lowest BCUT2D eigenvalue weighted by Crippen LogP contribution is -2.33. The Morgan fingerprint density at radius 2 is 1.91 bits per heavy atom. The third-order valence-electron chi connectivity index (χ3n) is 6.68. The van der Waals surface area contributed by atoms with Crippen molar-refractivity contribution in [3.63, 3.8) is 0 Å². The van der Waals surface area contributed by atoms with Crippen LogP contribution >= 0.6 is 0 Å². The number of ether oxygens (including phenoxy) is 1. The summed E-state index contributed by atoms with van der Waals surface area (Å²) in [6, 6.07) is 10.3. The zero-order chi connectivity index (χ0) is 24.4. The maximum atomic E-state index is 14.9. The molecule has 0 spiro atoms. The summed E-state index contributed by atoms with van der Waals surface area (Å²) < 4.78 is 20.6. The van der Waals surface area contributed by atoms with Crippen molar-refractivity contribution in [2.45, 2.75) is 45.8 Å². The minimum atomic E-state index is -0.985. The Morgan fingerprint density at radius 1 is 1.18 bits per heavy atom. The summed E-state index contributed by atoms with van der Waals surface area (Å²) in [4.78, 5) is 29.8. The van der Waals surface area contributed by atoms with E-state index in [-0.39, 0.29) is 29.5 Å². The molecule has 4 rings (SSSR count). The summed E-state index contributed by atoms with van der Waals surface area (Å²) in [5.74, 6) is -1.58. The summed E-state index contributed by atoms with van der Waals surface area (Å²) in [5.41, 5.74) is 1.46. The number of carbonyl (C=O) groups is 2. The number of amides is 1. The zero-order valence-corrected chi connectivity index (χ0v) is 19.9. The molecule has 0 aliphatic carbocycles. The monoisotopic (exact) mass is 466 g/mol. The molecule has 2 aromatic rings. The van der Waals surface area contributed by atoms with Gasteiger partial charge in [0.1, 0.15) is 23.4 Å². The Balaban J connectivity index is 1.74. The normalized spacial score (nSPS) is 21.3. The van der Waals surface area contributed by atoms with Gasteiger partial charge in [0.2, 0.25) is 0 Å². The third-order valence-corrected chi connectivity index (χ3v) is 6.68. The number of aliphatic hydroxyl groups is 1. The van der Waals surface area contributed by atoms with Crippen LogP contribution in [0, 0.1) is 5.82 Å². The molecule has 0 unspecified atom stereocenters. The highest BCUT2D eigenvalue weighted by Gasteiger charge is 2.46. The second-order valence-electron chi connectivity index (χ2n) is 8.85. The van der Waals surface area contributed by atoms with Crippen molar-refractivity contribution in [3.8, 4) is 5.75 Å². The fourth-order valence-electron chi connectivity index (χ4n) is 4.86. The van der Waals surface area contributed by atoms with Crippen LogP contribution in [0.1, 0.15) is 49.9 Å². The second kappa shape index (κ2) is 9.97. The van der Waals surface area contributed by atoms with Crippen LogP contribution in [0.2, 0.25) is 0 Å². The van der Waals surface area contributed by atoms with Gasteiger partial charge >= 0.3 is 0 Å². The first-order valence-electron chi connectivity index (χ1n) is 11.9. The van der Waals surface area contributed by atoms with E-state index in [1.165, 1.54) is 11.0 Å². The van der Waals surface area contributed by atoms with Crippen molar-refractivity contribution in [2.75, 3.05) is 26.2 Å². The average Bonchev–Trinajstić information content (AvgIpc) is 3.32. The quantitative estimate of drug-likeness (QED) is 0.357. The SMILES string of the molecule is CCN(CC)CCCN1C(=O)C(=O)/C(=C(/O)c2ccc3c(c2)C[C@@H](C)O3)[C@@H]1c1ccccc1F. The minimum absolute atomic E-state index is 0.0298. The molecule has 34 heavy (non-hydrogen) atoms.